The van der Waals surface area contributed by atoms with Gasteiger partial charge in [-0.15, -0.1) is 0 Å². The Morgan fingerprint density at radius 1 is 0.824 bits per heavy atom. The molecule has 0 unspecified atom stereocenters. The summed E-state index contributed by atoms with van der Waals surface area (Å²) >= 11 is 1.03. The van der Waals surface area contributed by atoms with E-state index in [1.807, 2.05) is 0 Å². The first-order chi connectivity index (χ1) is 16.0. The van der Waals surface area contributed by atoms with Crippen LogP contribution in [0.3, 0.4) is 0 Å². The molecule has 166 valence electrons. The molecular formula is C25H19N2NaO5S. The second-order valence-corrected chi connectivity index (χ2v) is 7.72. The van der Waals surface area contributed by atoms with Crippen molar-refractivity contribution in [2.75, 3.05) is 14.2 Å². The fourth-order valence-electron chi connectivity index (χ4n) is 3.50. The molecule has 0 saturated carbocycles. The summed E-state index contributed by atoms with van der Waals surface area (Å²) in [5, 5.41) is 12.3. The second-order valence-electron chi connectivity index (χ2n) is 7.19. The van der Waals surface area contributed by atoms with Crippen LogP contribution in [0.4, 0.5) is 0 Å². The van der Waals surface area contributed by atoms with Gasteiger partial charge in [0.2, 0.25) is 0 Å². The number of ether oxygens (including phenoxy) is 2. The van der Waals surface area contributed by atoms with Crippen LogP contribution >= 0.6 is 11.7 Å². The molecule has 4 aromatic rings. The van der Waals surface area contributed by atoms with E-state index in [-0.39, 0.29) is 47.1 Å². The zero-order valence-electron chi connectivity index (χ0n) is 18.9. The molecule has 0 spiro atoms. The molecule has 3 aromatic carbocycles. The van der Waals surface area contributed by atoms with Crippen LogP contribution in [0.1, 0.15) is 21.5 Å². The zero-order valence-corrected chi connectivity index (χ0v) is 21.7. The van der Waals surface area contributed by atoms with Crippen molar-refractivity contribution in [1.82, 2.24) is 8.75 Å². The third-order valence-corrected chi connectivity index (χ3v) is 5.77. The Hall–Kier alpha value is -3.04. The summed E-state index contributed by atoms with van der Waals surface area (Å²) in [5.41, 5.74) is 2.56. The van der Waals surface area contributed by atoms with Crippen LogP contribution in [-0.4, -0.2) is 34.7 Å². The number of Topliss-reactive ketones (excluding diaryl/α,β-unsaturated/α-hetero) is 1. The maximum atomic E-state index is 13.6. The Labute approximate surface area is 222 Å². The number of rotatable bonds is 8. The number of methoxy groups -OCH3 is 2. The molecule has 0 fully saturated rings. The van der Waals surface area contributed by atoms with Crippen LogP contribution in [0.15, 0.2) is 72.3 Å². The van der Waals surface area contributed by atoms with E-state index in [2.05, 4.69) is 8.75 Å². The molecule has 0 aliphatic carbocycles. The zero-order chi connectivity index (χ0) is 23.4. The Kier molecular flexibility index (Phi) is 8.57. The number of carbonyl (C=O) groups excluding carboxylic acids is 2. The number of allylic oxidation sites excluding steroid dienone is 1. The van der Waals surface area contributed by atoms with Gasteiger partial charge >= 0.3 is 29.6 Å². The van der Waals surface area contributed by atoms with E-state index in [1.165, 1.54) is 7.11 Å². The van der Waals surface area contributed by atoms with Crippen LogP contribution in [0.2, 0.25) is 0 Å². The van der Waals surface area contributed by atoms with Crippen molar-refractivity contribution in [2.45, 2.75) is 6.42 Å². The number of benzene rings is 3. The standard InChI is InChI=1S/C25H20N2O5S.Na/c1-31-18-8-3-15(4-9-18)13-20(24(28)16-5-10-19(32-2)11-6-16)23(25(29)30)17-7-12-21-22(14-17)27-33-26-21;/h3-12,14H,13H2,1-2H3,(H,29,30);/q;+1/p-1/b23-20-;. The maximum Gasteiger partial charge on any atom is 1.00 e. The van der Waals surface area contributed by atoms with Crippen molar-refractivity contribution in [3.63, 3.8) is 0 Å². The van der Waals surface area contributed by atoms with Gasteiger partial charge in [-0.2, -0.15) is 8.75 Å². The minimum absolute atomic E-state index is 0. The molecule has 0 N–H and O–H groups in total. The van der Waals surface area contributed by atoms with Crippen molar-refractivity contribution in [1.29, 1.82) is 0 Å². The molecular weight excluding hydrogens is 463 g/mol. The molecule has 0 atom stereocenters. The van der Waals surface area contributed by atoms with Gasteiger partial charge in [-0.25, -0.2) is 0 Å². The van der Waals surface area contributed by atoms with Crippen molar-refractivity contribution >= 4 is 40.1 Å². The Bertz CT molecular complexity index is 1350. The van der Waals surface area contributed by atoms with E-state index >= 15 is 0 Å². The van der Waals surface area contributed by atoms with Crippen molar-refractivity contribution in [3.05, 3.63) is 89.0 Å². The largest absolute Gasteiger partial charge is 1.00 e. The van der Waals surface area contributed by atoms with Gasteiger partial charge in [0.1, 0.15) is 22.5 Å². The predicted molar refractivity (Wildman–Crippen MR) is 123 cm³/mol. The van der Waals surface area contributed by atoms with Crippen LogP contribution in [-0.2, 0) is 11.2 Å². The molecule has 34 heavy (non-hydrogen) atoms. The molecule has 9 heteroatoms. The Morgan fingerprint density at radius 3 is 1.97 bits per heavy atom. The number of hydrogen-bond acceptors (Lipinski definition) is 8. The van der Waals surface area contributed by atoms with Crippen LogP contribution < -0.4 is 44.1 Å². The second kappa shape index (κ2) is 11.4. The quantitative estimate of drug-likeness (QED) is 0.203. The van der Waals surface area contributed by atoms with Gasteiger partial charge in [-0.3, -0.25) is 4.79 Å². The van der Waals surface area contributed by atoms with Crippen LogP contribution in [0.25, 0.3) is 16.6 Å². The summed E-state index contributed by atoms with van der Waals surface area (Å²) in [6.45, 7) is 0. The van der Waals surface area contributed by atoms with Crippen molar-refractivity contribution in [3.8, 4) is 11.5 Å². The number of aromatic nitrogens is 2. The summed E-state index contributed by atoms with van der Waals surface area (Å²) in [7, 11) is 3.09. The predicted octanol–water partition coefficient (Wildman–Crippen LogP) is 0.342. The van der Waals surface area contributed by atoms with Gasteiger partial charge in [0.25, 0.3) is 0 Å². The van der Waals surface area contributed by atoms with Gasteiger partial charge in [-0.1, -0.05) is 18.2 Å². The van der Waals surface area contributed by atoms with Crippen LogP contribution in [0, 0.1) is 0 Å². The van der Waals surface area contributed by atoms with E-state index in [0.29, 0.717) is 33.7 Å². The van der Waals surface area contributed by atoms with Gasteiger partial charge < -0.3 is 19.4 Å². The van der Waals surface area contributed by atoms with E-state index in [0.717, 1.165) is 17.3 Å². The maximum absolute atomic E-state index is 13.6. The molecule has 0 radical (unpaired) electrons. The number of carboxylic acid groups (broad SMARTS) is 1. The van der Waals surface area contributed by atoms with Crippen LogP contribution in [0.5, 0.6) is 11.5 Å². The minimum atomic E-state index is -1.44. The van der Waals surface area contributed by atoms with E-state index in [9.17, 15) is 14.7 Å². The normalized spacial score (nSPS) is 11.4. The van der Waals surface area contributed by atoms with E-state index < -0.39 is 11.8 Å². The summed E-state index contributed by atoms with van der Waals surface area (Å²) < 4.78 is 18.7. The number of carbonyl (C=O) groups is 2. The first kappa shape index (κ1) is 25.6. The number of carboxylic acids is 1. The van der Waals surface area contributed by atoms with Crippen molar-refractivity contribution < 1.29 is 53.7 Å². The van der Waals surface area contributed by atoms with Gasteiger partial charge in [0.05, 0.1) is 31.9 Å². The molecule has 0 amide bonds. The van der Waals surface area contributed by atoms with E-state index in [1.54, 1.807) is 73.8 Å². The third kappa shape index (κ3) is 5.53. The number of nitrogens with zero attached hydrogens (tertiary/aromatic N) is 2. The fraction of sp³-hybridized carbons (Fsp3) is 0.120. The monoisotopic (exact) mass is 482 g/mol. The first-order valence-corrected chi connectivity index (χ1v) is 10.7. The fourth-order valence-corrected chi connectivity index (χ4v) is 4.02. The van der Waals surface area contributed by atoms with Gasteiger partial charge in [0, 0.05) is 23.1 Å². The molecule has 0 bridgehead atoms. The topological polar surface area (TPSA) is 101 Å². The molecule has 1 aromatic heterocycles. The summed E-state index contributed by atoms with van der Waals surface area (Å²) in [4.78, 5) is 25.9. The molecule has 0 aliphatic rings. The number of hydrogen-bond donors (Lipinski definition) is 0. The molecule has 4 rings (SSSR count). The Morgan fingerprint density at radius 2 is 1.38 bits per heavy atom. The molecule has 1 heterocycles. The average molecular weight is 482 g/mol. The molecule has 7 nitrogen and oxygen atoms in total. The summed E-state index contributed by atoms with van der Waals surface area (Å²) in [6.07, 6.45) is 0.0888. The van der Waals surface area contributed by atoms with Gasteiger partial charge in [-0.05, 0) is 59.7 Å². The summed E-state index contributed by atoms with van der Waals surface area (Å²) in [5.74, 6) is -0.603. The minimum Gasteiger partial charge on any atom is -0.545 e. The van der Waals surface area contributed by atoms with Crippen molar-refractivity contribution in [2.24, 2.45) is 0 Å². The number of fused-ring (bicyclic) bond motifs is 1. The van der Waals surface area contributed by atoms with E-state index in [4.69, 9.17) is 9.47 Å². The number of ketones is 1. The SMILES string of the molecule is COc1ccc(C/C(C(=O)c2ccc(OC)cc2)=C(/C(=O)[O-])c2ccc3nsnc3c2)cc1.[Na+]. The van der Waals surface area contributed by atoms with Gasteiger partial charge in [0.15, 0.2) is 5.78 Å². The smallest absolute Gasteiger partial charge is 0.545 e. The molecule has 0 aliphatic heterocycles. The summed E-state index contributed by atoms with van der Waals surface area (Å²) in [6, 6.07) is 18.5. The number of aliphatic carboxylic acids is 1. The average Bonchev–Trinajstić information content (AvgIpc) is 3.31. The third-order valence-electron chi connectivity index (χ3n) is 5.21. The first-order valence-electron chi connectivity index (χ1n) is 9.99. The molecule has 0 saturated heterocycles. The Balaban J connectivity index is 0.00000324.